The van der Waals surface area contributed by atoms with Crippen molar-refractivity contribution in [1.82, 2.24) is 19.3 Å². The molecule has 5 rings (SSSR count). The second-order valence-electron chi connectivity index (χ2n) is 7.87. The van der Waals surface area contributed by atoms with E-state index in [1.807, 2.05) is 36.4 Å². The van der Waals surface area contributed by atoms with Gasteiger partial charge in [-0.25, -0.2) is 8.42 Å². The average molecular weight is 447 g/mol. The summed E-state index contributed by atoms with van der Waals surface area (Å²) in [5.41, 5.74) is 4.50. The van der Waals surface area contributed by atoms with Gasteiger partial charge in [-0.15, -0.1) is 0 Å². The van der Waals surface area contributed by atoms with Gasteiger partial charge in [0.25, 0.3) is 0 Å². The molecule has 0 saturated carbocycles. The van der Waals surface area contributed by atoms with Gasteiger partial charge >= 0.3 is 0 Å². The first-order valence-electron chi connectivity index (χ1n) is 10.5. The van der Waals surface area contributed by atoms with Gasteiger partial charge in [0.15, 0.2) is 0 Å². The molecule has 3 aromatic heterocycles. The molecule has 8 heteroatoms. The summed E-state index contributed by atoms with van der Waals surface area (Å²) < 4.78 is 27.7. The van der Waals surface area contributed by atoms with E-state index in [0.717, 1.165) is 33.2 Å². The van der Waals surface area contributed by atoms with Crippen molar-refractivity contribution in [2.75, 3.05) is 13.1 Å². The fourth-order valence-corrected chi connectivity index (χ4v) is 5.52. The average Bonchev–Trinajstić information content (AvgIpc) is 2.84. The van der Waals surface area contributed by atoms with E-state index < -0.39 is 16.1 Å². The van der Waals surface area contributed by atoms with Gasteiger partial charge in [-0.1, -0.05) is 6.07 Å². The van der Waals surface area contributed by atoms with E-state index in [-0.39, 0.29) is 4.90 Å². The predicted octanol–water partition coefficient (Wildman–Crippen LogP) is 3.50. The van der Waals surface area contributed by atoms with Gasteiger partial charge in [-0.3, -0.25) is 15.0 Å². The Balaban J connectivity index is 1.55. The summed E-state index contributed by atoms with van der Waals surface area (Å²) in [5.74, 6) is 0. The normalized spacial score (nSPS) is 15.8. The third-order valence-electron chi connectivity index (χ3n) is 5.84. The van der Waals surface area contributed by atoms with Gasteiger partial charge in [0.1, 0.15) is 4.90 Å². The van der Waals surface area contributed by atoms with Crippen molar-refractivity contribution in [2.24, 2.45) is 0 Å². The smallest absolute Gasteiger partial charge is 0.244 e. The molecule has 0 aliphatic carbocycles. The Hall–Kier alpha value is -3.20. The third-order valence-corrected chi connectivity index (χ3v) is 7.70. The van der Waals surface area contributed by atoms with Crippen LogP contribution in [-0.4, -0.2) is 52.0 Å². The van der Waals surface area contributed by atoms with Crippen molar-refractivity contribution in [3.05, 3.63) is 73.4 Å². The second kappa shape index (κ2) is 8.38. The summed E-state index contributed by atoms with van der Waals surface area (Å²) in [4.78, 5) is 12.9. The fraction of sp³-hybridized carbons (Fsp3) is 0.208. The number of aromatic nitrogens is 3. The topological polar surface area (TPSA) is 96.3 Å². The number of fused-ring (bicyclic) bond motifs is 1. The first-order chi connectivity index (χ1) is 15.5. The van der Waals surface area contributed by atoms with Crippen LogP contribution in [0, 0.1) is 0 Å². The standard InChI is InChI=1S/C24H22N4O3S/c29-20-6-11-28(12-7-20)32(30,31)21-13-19(15-26-16-21)18-1-2-24-23(14-18)22(5-10-27-24)17-3-8-25-9-4-17/h1-5,8-10,13-16,20,29H,6-7,11-12H2. The van der Waals surface area contributed by atoms with Crippen molar-refractivity contribution in [1.29, 1.82) is 0 Å². The van der Waals surface area contributed by atoms with Crippen LogP contribution in [0.15, 0.2) is 78.3 Å². The molecular weight excluding hydrogens is 424 g/mol. The molecule has 1 saturated heterocycles. The van der Waals surface area contributed by atoms with E-state index in [0.29, 0.717) is 25.9 Å². The minimum absolute atomic E-state index is 0.159. The first-order valence-corrected chi connectivity index (χ1v) is 11.9. The van der Waals surface area contributed by atoms with Gasteiger partial charge in [0.2, 0.25) is 10.0 Å². The lowest BCUT2D eigenvalue weighted by Gasteiger charge is -2.28. The Morgan fingerprint density at radius 2 is 1.62 bits per heavy atom. The largest absolute Gasteiger partial charge is 0.393 e. The molecule has 1 N–H and O–H groups in total. The first kappa shape index (κ1) is 20.7. The summed E-state index contributed by atoms with van der Waals surface area (Å²) in [7, 11) is -3.67. The molecule has 0 unspecified atom stereocenters. The number of rotatable bonds is 4. The Kier molecular flexibility index (Phi) is 5.42. The number of hydrogen-bond acceptors (Lipinski definition) is 6. The molecule has 0 radical (unpaired) electrons. The molecule has 0 bridgehead atoms. The van der Waals surface area contributed by atoms with Crippen LogP contribution >= 0.6 is 0 Å². The van der Waals surface area contributed by atoms with Crippen LogP contribution in [0.25, 0.3) is 33.2 Å². The Labute approximate surface area is 186 Å². The van der Waals surface area contributed by atoms with Gasteiger partial charge < -0.3 is 5.11 Å². The van der Waals surface area contributed by atoms with Crippen LogP contribution in [-0.2, 0) is 10.0 Å². The number of aliphatic hydroxyl groups excluding tert-OH is 1. The summed E-state index contributed by atoms with van der Waals surface area (Å²) in [6.07, 6.45) is 8.79. The molecule has 4 heterocycles. The number of aliphatic hydroxyl groups is 1. The lowest BCUT2D eigenvalue weighted by molar-refractivity contribution is 0.113. The van der Waals surface area contributed by atoms with Crippen LogP contribution in [0.4, 0.5) is 0 Å². The van der Waals surface area contributed by atoms with E-state index >= 15 is 0 Å². The zero-order valence-corrected chi connectivity index (χ0v) is 18.1. The van der Waals surface area contributed by atoms with Crippen LogP contribution in [0.5, 0.6) is 0 Å². The number of benzene rings is 1. The van der Waals surface area contributed by atoms with Crippen LogP contribution in [0.1, 0.15) is 12.8 Å². The molecule has 1 aliphatic heterocycles. The van der Waals surface area contributed by atoms with Crippen molar-refractivity contribution in [2.45, 2.75) is 23.8 Å². The molecule has 0 atom stereocenters. The molecule has 0 spiro atoms. The fourth-order valence-electron chi connectivity index (χ4n) is 4.06. The molecule has 1 aliphatic rings. The predicted molar refractivity (Wildman–Crippen MR) is 122 cm³/mol. The summed E-state index contributed by atoms with van der Waals surface area (Å²) in [6.45, 7) is 0.620. The lowest BCUT2D eigenvalue weighted by Crippen LogP contribution is -2.40. The zero-order chi connectivity index (χ0) is 22.1. The molecular formula is C24H22N4O3S. The van der Waals surface area contributed by atoms with Crippen LogP contribution in [0.2, 0.25) is 0 Å². The third kappa shape index (κ3) is 3.88. The van der Waals surface area contributed by atoms with Gasteiger partial charge in [0, 0.05) is 55.0 Å². The molecule has 32 heavy (non-hydrogen) atoms. The molecule has 0 amide bonds. The number of hydrogen-bond donors (Lipinski definition) is 1. The van der Waals surface area contributed by atoms with Crippen LogP contribution in [0.3, 0.4) is 0 Å². The maximum atomic E-state index is 13.1. The van der Waals surface area contributed by atoms with Gasteiger partial charge in [-0.2, -0.15) is 4.31 Å². The number of pyridine rings is 3. The minimum Gasteiger partial charge on any atom is -0.393 e. The maximum absolute atomic E-state index is 13.1. The van der Waals surface area contributed by atoms with Crippen LogP contribution < -0.4 is 0 Å². The Bertz CT molecular complexity index is 1370. The van der Waals surface area contributed by atoms with Crippen molar-refractivity contribution < 1.29 is 13.5 Å². The van der Waals surface area contributed by atoms with Gasteiger partial charge in [0.05, 0.1) is 11.6 Å². The summed E-state index contributed by atoms with van der Waals surface area (Å²) in [6, 6.07) is 13.4. The molecule has 7 nitrogen and oxygen atoms in total. The molecule has 4 aromatic rings. The van der Waals surface area contributed by atoms with Crippen molar-refractivity contribution >= 4 is 20.9 Å². The monoisotopic (exact) mass is 446 g/mol. The Morgan fingerprint density at radius 3 is 2.41 bits per heavy atom. The second-order valence-corrected chi connectivity index (χ2v) is 9.81. The molecule has 162 valence electrons. The minimum atomic E-state index is -3.67. The van der Waals surface area contributed by atoms with Crippen molar-refractivity contribution in [3.8, 4) is 22.3 Å². The highest BCUT2D eigenvalue weighted by Gasteiger charge is 2.29. The highest BCUT2D eigenvalue weighted by molar-refractivity contribution is 7.89. The van der Waals surface area contributed by atoms with E-state index in [1.165, 1.54) is 10.5 Å². The summed E-state index contributed by atoms with van der Waals surface area (Å²) >= 11 is 0. The van der Waals surface area contributed by atoms with E-state index in [4.69, 9.17) is 0 Å². The number of sulfonamides is 1. The maximum Gasteiger partial charge on any atom is 0.244 e. The highest BCUT2D eigenvalue weighted by Crippen LogP contribution is 2.32. The Morgan fingerprint density at radius 1 is 0.844 bits per heavy atom. The van der Waals surface area contributed by atoms with Crippen molar-refractivity contribution in [3.63, 3.8) is 0 Å². The zero-order valence-electron chi connectivity index (χ0n) is 17.3. The molecule has 1 aromatic carbocycles. The lowest BCUT2D eigenvalue weighted by atomic mass is 9.98. The van der Waals surface area contributed by atoms with E-state index in [9.17, 15) is 13.5 Å². The quantitative estimate of drug-likeness (QED) is 0.515. The van der Waals surface area contributed by atoms with E-state index in [1.54, 1.807) is 30.9 Å². The summed E-state index contributed by atoms with van der Waals surface area (Å²) in [5, 5.41) is 10.7. The number of piperidine rings is 1. The van der Waals surface area contributed by atoms with Gasteiger partial charge in [-0.05, 0) is 65.9 Å². The SMILES string of the molecule is O=S(=O)(c1cncc(-c2ccc3nccc(-c4ccncc4)c3c2)c1)N1CCC(O)CC1. The highest BCUT2D eigenvalue weighted by atomic mass is 32.2. The van der Waals surface area contributed by atoms with E-state index in [2.05, 4.69) is 15.0 Å². The number of nitrogens with zero attached hydrogens (tertiary/aromatic N) is 4. The molecule has 1 fully saturated rings.